The number of amides is 2. The molecular weight excluding hydrogens is 278 g/mol. The van der Waals surface area contributed by atoms with Crippen LogP contribution >= 0.6 is 0 Å². The number of nitrogens with zero attached hydrogens (tertiary/aromatic N) is 1. The van der Waals surface area contributed by atoms with Gasteiger partial charge < -0.3 is 11.1 Å². The Kier molecular flexibility index (Phi) is 4.88. The Morgan fingerprint density at radius 3 is 2.59 bits per heavy atom. The summed E-state index contributed by atoms with van der Waals surface area (Å²) in [6, 6.07) is 8.48. The SMILES string of the molecule is Cc1ccc(C[C@@H](NC(=O)c2cccnc2)C(N)=O)cc1C. The fourth-order valence-electron chi connectivity index (χ4n) is 2.13. The Bertz CT molecular complexity index is 684. The van der Waals surface area contributed by atoms with E-state index in [9.17, 15) is 9.59 Å². The number of nitrogens with two attached hydrogens (primary N) is 1. The maximum absolute atomic E-state index is 12.1. The number of primary amides is 1. The van der Waals surface area contributed by atoms with Crippen molar-refractivity contribution >= 4 is 11.8 Å². The minimum atomic E-state index is -0.755. The van der Waals surface area contributed by atoms with Crippen molar-refractivity contribution in [3.8, 4) is 0 Å². The molecule has 2 rings (SSSR count). The fourth-order valence-corrected chi connectivity index (χ4v) is 2.13. The van der Waals surface area contributed by atoms with Crippen molar-refractivity contribution in [2.24, 2.45) is 5.73 Å². The zero-order valence-electron chi connectivity index (χ0n) is 12.7. The second-order valence-corrected chi connectivity index (χ2v) is 5.29. The summed E-state index contributed by atoms with van der Waals surface area (Å²) in [6.45, 7) is 4.03. The molecular formula is C17H19N3O2. The summed E-state index contributed by atoms with van der Waals surface area (Å²) < 4.78 is 0. The Balaban J connectivity index is 2.12. The number of hydrogen-bond donors (Lipinski definition) is 2. The van der Waals surface area contributed by atoms with Gasteiger partial charge in [0.05, 0.1) is 5.56 Å². The highest BCUT2D eigenvalue weighted by Gasteiger charge is 2.19. The van der Waals surface area contributed by atoms with Gasteiger partial charge in [-0.15, -0.1) is 0 Å². The predicted octanol–water partition coefficient (Wildman–Crippen LogP) is 1.52. The van der Waals surface area contributed by atoms with Crippen molar-refractivity contribution in [1.29, 1.82) is 0 Å². The molecule has 0 radical (unpaired) electrons. The number of aromatic nitrogens is 1. The van der Waals surface area contributed by atoms with Crippen LogP contribution < -0.4 is 11.1 Å². The maximum Gasteiger partial charge on any atom is 0.253 e. The van der Waals surface area contributed by atoms with E-state index in [2.05, 4.69) is 10.3 Å². The third-order valence-corrected chi connectivity index (χ3v) is 3.58. The molecule has 5 nitrogen and oxygen atoms in total. The van der Waals surface area contributed by atoms with E-state index in [4.69, 9.17) is 5.73 Å². The molecule has 0 aliphatic heterocycles. The molecule has 3 N–H and O–H groups in total. The summed E-state index contributed by atoms with van der Waals surface area (Å²) in [5.74, 6) is -0.920. The summed E-state index contributed by atoms with van der Waals surface area (Å²) in [5.41, 5.74) is 9.08. The maximum atomic E-state index is 12.1. The molecule has 0 spiro atoms. The van der Waals surface area contributed by atoms with Crippen LogP contribution in [0.15, 0.2) is 42.7 Å². The molecule has 0 unspecified atom stereocenters. The van der Waals surface area contributed by atoms with E-state index in [1.807, 2.05) is 32.0 Å². The number of benzene rings is 1. The molecule has 0 saturated carbocycles. The van der Waals surface area contributed by atoms with Crippen LogP contribution in [-0.4, -0.2) is 22.8 Å². The van der Waals surface area contributed by atoms with E-state index in [1.165, 1.54) is 11.8 Å². The highest BCUT2D eigenvalue weighted by atomic mass is 16.2. The van der Waals surface area contributed by atoms with E-state index in [0.29, 0.717) is 12.0 Å². The molecule has 1 atom stereocenters. The molecule has 0 fully saturated rings. The topological polar surface area (TPSA) is 85.1 Å². The van der Waals surface area contributed by atoms with Gasteiger partial charge in [-0.3, -0.25) is 14.6 Å². The first-order chi connectivity index (χ1) is 10.5. The molecule has 1 aromatic carbocycles. The largest absolute Gasteiger partial charge is 0.368 e. The average molecular weight is 297 g/mol. The number of carbonyl (C=O) groups excluding carboxylic acids is 2. The first-order valence-electron chi connectivity index (χ1n) is 7.03. The zero-order valence-corrected chi connectivity index (χ0v) is 12.7. The van der Waals surface area contributed by atoms with Crippen molar-refractivity contribution < 1.29 is 9.59 Å². The van der Waals surface area contributed by atoms with Gasteiger partial charge in [0.25, 0.3) is 5.91 Å². The second-order valence-electron chi connectivity index (χ2n) is 5.29. The van der Waals surface area contributed by atoms with E-state index in [1.54, 1.807) is 18.3 Å². The van der Waals surface area contributed by atoms with Gasteiger partial charge in [-0.25, -0.2) is 0 Å². The highest BCUT2D eigenvalue weighted by molar-refractivity contribution is 5.97. The molecule has 114 valence electrons. The number of nitrogens with one attached hydrogen (secondary N) is 1. The minimum absolute atomic E-state index is 0.360. The van der Waals surface area contributed by atoms with E-state index in [-0.39, 0.29) is 5.91 Å². The number of rotatable bonds is 5. The van der Waals surface area contributed by atoms with Gasteiger partial charge in [0.1, 0.15) is 6.04 Å². The number of hydrogen-bond acceptors (Lipinski definition) is 3. The average Bonchev–Trinajstić information content (AvgIpc) is 2.51. The molecule has 5 heteroatoms. The smallest absolute Gasteiger partial charge is 0.253 e. The fraction of sp³-hybridized carbons (Fsp3) is 0.235. The Hall–Kier alpha value is -2.69. The van der Waals surface area contributed by atoms with Gasteiger partial charge in [0.15, 0.2) is 0 Å². The second kappa shape index (κ2) is 6.85. The number of pyridine rings is 1. The molecule has 2 aromatic rings. The molecule has 0 aliphatic rings. The van der Waals surface area contributed by atoms with E-state index < -0.39 is 11.9 Å². The Morgan fingerprint density at radius 1 is 1.23 bits per heavy atom. The van der Waals surface area contributed by atoms with Crippen LogP contribution in [0.25, 0.3) is 0 Å². The third-order valence-electron chi connectivity index (χ3n) is 3.58. The van der Waals surface area contributed by atoms with Crippen molar-refractivity contribution in [3.63, 3.8) is 0 Å². The van der Waals surface area contributed by atoms with Gasteiger partial charge in [0, 0.05) is 18.8 Å². The zero-order chi connectivity index (χ0) is 16.1. The van der Waals surface area contributed by atoms with Crippen molar-refractivity contribution in [2.45, 2.75) is 26.3 Å². The lowest BCUT2D eigenvalue weighted by Crippen LogP contribution is -2.45. The minimum Gasteiger partial charge on any atom is -0.368 e. The molecule has 1 aromatic heterocycles. The standard InChI is InChI=1S/C17H19N3O2/c1-11-5-6-13(8-12(11)2)9-15(16(18)21)20-17(22)14-4-3-7-19-10-14/h3-8,10,15H,9H2,1-2H3,(H2,18,21)(H,20,22)/t15-/m1/s1. The lowest BCUT2D eigenvalue weighted by atomic mass is 10.0. The van der Waals surface area contributed by atoms with Crippen LogP contribution in [0, 0.1) is 13.8 Å². The summed E-state index contributed by atoms with van der Waals surface area (Å²) in [7, 11) is 0. The summed E-state index contributed by atoms with van der Waals surface area (Å²) >= 11 is 0. The lowest BCUT2D eigenvalue weighted by molar-refractivity contribution is -0.119. The van der Waals surface area contributed by atoms with E-state index in [0.717, 1.165) is 11.1 Å². The number of aryl methyl sites for hydroxylation is 2. The van der Waals surface area contributed by atoms with Crippen LogP contribution in [-0.2, 0) is 11.2 Å². The number of carbonyl (C=O) groups is 2. The first-order valence-corrected chi connectivity index (χ1v) is 7.03. The molecule has 2 amide bonds. The van der Waals surface area contributed by atoms with Crippen LogP contribution in [0.2, 0.25) is 0 Å². The summed E-state index contributed by atoms with van der Waals surface area (Å²) in [5, 5.41) is 2.66. The Morgan fingerprint density at radius 2 is 2.00 bits per heavy atom. The molecule has 0 saturated heterocycles. The molecule has 0 bridgehead atoms. The monoisotopic (exact) mass is 297 g/mol. The van der Waals surface area contributed by atoms with Crippen LogP contribution in [0.4, 0.5) is 0 Å². The van der Waals surface area contributed by atoms with Crippen LogP contribution in [0.3, 0.4) is 0 Å². The molecule has 22 heavy (non-hydrogen) atoms. The lowest BCUT2D eigenvalue weighted by Gasteiger charge is -2.16. The third kappa shape index (κ3) is 3.91. The normalized spacial score (nSPS) is 11.7. The van der Waals surface area contributed by atoms with Crippen LogP contribution in [0.5, 0.6) is 0 Å². The Labute approximate surface area is 129 Å². The molecule has 0 aliphatic carbocycles. The van der Waals surface area contributed by atoms with Gasteiger partial charge >= 0.3 is 0 Å². The quantitative estimate of drug-likeness (QED) is 0.877. The van der Waals surface area contributed by atoms with Crippen molar-refractivity contribution in [2.75, 3.05) is 0 Å². The van der Waals surface area contributed by atoms with E-state index >= 15 is 0 Å². The van der Waals surface area contributed by atoms with Gasteiger partial charge in [-0.2, -0.15) is 0 Å². The first kappa shape index (κ1) is 15.7. The predicted molar refractivity (Wildman–Crippen MR) is 84.3 cm³/mol. The van der Waals surface area contributed by atoms with Crippen LogP contribution in [0.1, 0.15) is 27.0 Å². The van der Waals surface area contributed by atoms with Gasteiger partial charge in [-0.1, -0.05) is 18.2 Å². The van der Waals surface area contributed by atoms with Crippen molar-refractivity contribution in [1.82, 2.24) is 10.3 Å². The van der Waals surface area contributed by atoms with Crippen molar-refractivity contribution in [3.05, 3.63) is 65.0 Å². The van der Waals surface area contributed by atoms with Gasteiger partial charge in [0.2, 0.25) is 5.91 Å². The molecule has 1 heterocycles. The highest BCUT2D eigenvalue weighted by Crippen LogP contribution is 2.12. The summed E-state index contributed by atoms with van der Waals surface area (Å²) in [4.78, 5) is 27.6. The van der Waals surface area contributed by atoms with Gasteiger partial charge in [-0.05, 0) is 42.7 Å². The summed E-state index contributed by atoms with van der Waals surface area (Å²) in [6.07, 6.45) is 3.39.